The molecule has 4 rings (SSSR count). The highest BCUT2D eigenvalue weighted by atomic mass is 32.1. The van der Waals surface area contributed by atoms with Crippen molar-refractivity contribution in [2.24, 2.45) is 0 Å². The summed E-state index contributed by atoms with van der Waals surface area (Å²) in [5, 5.41) is 0.511. The number of thiophene rings is 1. The average molecular weight is 443 g/mol. The van der Waals surface area contributed by atoms with Gasteiger partial charge in [0.15, 0.2) is 0 Å². The van der Waals surface area contributed by atoms with E-state index in [-0.39, 0.29) is 17.6 Å². The summed E-state index contributed by atoms with van der Waals surface area (Å²) in [6.45, 7) is 3.46. The lowest BCUT2D eigenvalue weighted by molar-refractivity contribution is 0.0537. The Balaban J connectivity index is 1.48. The van der Waals surface area contributed by atoms with Gasteiger partial charge in [-0.15, -0.1) is 11.3 Å². The van der Waals surface area contributed by atoms with Crippen LogP contribution in [-0.2, 0) is 0 Å². The van der Waals surface area contributed by atoms with Crippen LogP contribution in [0.2, 0.25) is 0 Å². The van der Waals surface area contributed by atoms with Gasteiger partial charge in [0.1, 0.15) is 17.3 Å². The van der Waals surface area contributed by atoms with Crippen molar-refractivity contribution in [2.75, 3.05) is 40.4 Å². The number of benzene rings is 2. The Morgan fingerprint density at radius 1 is 0.935 bits per heavy atom. The lowest BCUT2D eigenvalue weighted by atomic mass is 10.1. The van der Waals surface area contributed by atoms with Gasteiger partial charge in [-0.2, -0.15) is 0 Å². The van der Waals surface area contributed by atoms with Crippen molar-refractivity contribution in [3.63, 3.8) is 0 Å². The molecule has 3 aromatic rings. The highest BCUT2D eigenvalue weighted by Gasteiger charge is 2.28. The molecule has 1 fully saturated rings. The highest BCUT2D eigenvalue weighted by Crippen LogP contribution is 2.33. The van der Waals surface area contributed by atoms with Gasteiger partial charge in [-0.05, 0) is 36.8 Å². The first kappa shape index (κ1) is 21.1. The zero-order valence-corrected chi connectivity index (χ0v) is 18.4. The van der Waals surface area contributed by atoms with Crippen LogP contribution >= 0.6 is 11.3 Å². The Labute approximate surface area is 183 Å². The predicted octanol–water partition coefficient (Wildman–Crippen LogP) is 3.96. The van der Waals surface area contributed by atoms with Crippen LogP contribution < -0.4 is 9.47 Å². The number of rotatable bonds is 4. The number of methoxy groups -OCH3 is 2. The van der Waals surface area contributed by atoms with Crippen molar-refractivity contribution in [1.82, 2.24) is 9.80 Å². The maximum Gasteiger partial charge on any atom is 0.264 e. The second-order valence-electron chi connectivity index (χ2n) is 7.35. The lowest BCUT2D eigenvalue weighted by Gasteiger charge is -2.34. The number of nitrogens with zero attached hydrogens (tertiary/aromatic N) is 2. The van der Waals surface area contributed by atoms with E-state index < -0.39 is 0 Å². The fraction of sp³-hybridized carbons (Fsp3) is 0.304. The molecule has 2 amide bonds. The molecule has 0 atom stereocenters. The maximum absolute atomic E-state index is 14.2. The van der Waals surface area contributed by atoms with Gasteiger partial charge in [-0.3, -0.25) is 9.59 Å². The molecule has 1 saturated heterocycles. The number of carbonyl (C=O) groups excluding carboxylic acids is 2. The smallest absolute Gasteiger partial charge is 0.264 e. The Bertz CT molecular complexity index is 1130. The molecule has 0 bridgehead atoms. The number of piperazine rings is 1. The number of ether oxygens (including phenoxy) is 2. The summed E-state index contributed by atoms with van der Waals surface area (Å²) in [4.78, 5) is 30.1. The molecule has 0 unspecified atom stereocenters. The van der Waals surface area contributed by atoms with Gasteiger partial charge in [0, 0.05) is 47.9 Å². The Morgan fingerprint density at radius 3 is 2.06 bits per heavy atom. The summed E-state index contributed by atoms with van der Waals surface area (Å²) in [7, 11) is 3.07. The number of amides is 2. The largest absolute Gasteiger partial charge is 0.497 e. The Morgan fingerprint density at radius 2 is 1.52 bits per heavy atom. The van der Waals surface area contributed by atoms with E-state index in [1.807, 2.05) is 6.07 Å². The van der Waals surface area contributed by atoms with E-state index in [9.17, 15) is 14.0 Å². The van der Waals surface area contributed by atoms with Crippen LogP contribution in [0.15, 0.2) is 36.4 Å². The van der Waals surface area contributed by atoms with Crippen molar-refractivity contribution in [3.05, 3.63) is 58.2 Å². The minimum Gasteiger partial charge on any atom is -0.497 e. The predicted molar refractivity (Wildman–Crippen MR) is 118 cm³/mol. The molecule has 1 aromatic heterocycles. The molecule has 0 N–H and O–H groups in total. The number of hydrogen-bond donors (Lipinski definition) is 0. The van der Waals surface area contributed by atoms with E-state index in [0.717, 1.165) is 4.70 Å². The van der Waals surface area contributed by atoms with E-state index in [4.69, 9.17) is 9.47 Å². The minimum atomic E-state index is -0.311. The number of carbonyl (C=O) groups is 2. The van der Waals surface area contributed by atoms with Gasteiger partial charge in [-0.25, -0.2) is 4.39 Å². The summed E-state index contributed by atoms with van der Waals surface area (Å²) in [5.41, 5.74) is 1.15. The first-order valence-corrected chi connectivity index (χ1v) is 10.7. The molecule has 6 nitrogen and oxygen atoms in total. The number of halogens is 1. The Kier molecular flexibility index (Phi) is 5.82. The van der Waals surface area contributed by atoms with Crippen molar-refractivity contribution in [2.45, 2.75) is 6.92 Å². The van der Waals surface area contributed by atoms with Crippen molar-refractivity contribution < 1.29 is 23.5 Å². The van der Waals surface area contributed by atoms with Crippen LogP contribution in [0.1, 0.15) is 25.6 Å². The second kappa shape index (κ2) is 8.55. The van der Waals surface area contributed by atoms with Gasteiger partial charge in [0.25, 0.3) is 11.8 Å². The third-order valence-electron chi connectivity index (χ3n) is 5.55. The van der Waals surface area contributed by atoms with E-state index in [1.165, 1.54) is 31.6 Å². The topological polar surface area (TPSA) is 59.1 Å². The molecule has 1 aliphatic rings. The molecule has 162 valence electrons. The molecule has 0 radical (unpaired) electrons. The third-order valence-corrected chi connectivity index (χ3v) is 6.79. The molecule has 31 heavy (non-hydrogen) atoms. The van der Waals surface area contributed by atoms with E-state index in [0.29, 0.717) is 59.1 Å². The SMILES string of the molecule is COc1cc(OC)cc(C(=O)N2CCN(C(=O)c3sc4cccc(F)c4c3C)CC2)c1. The molecule has 0 aliphatic carbocycles. The fourth-order valence-corrected chi connectivity index (χ4v) is 5.02. The standard InChI is InChI=1S/C23H23FN2O4S/c1-14-20-18(24)5-4-6-19(20)31-21(14)23(28)26-9-7-25(8-10-26)22(27)15-11-16(29-2)13-17(12-15)30-3/h4-6,11-13H,7-10H2,1-3H3. The van der Waals surface area contributed by atoms with Crippen LogP contribution in [0, 0.1) is 12.7 Å². The maximum atomic E-state index is 14.2. The Hall–Kier alpha value is -3.13. The van der Waals surface area contributed by atoms with Crippen LogP contribution in [0.5, 0.6) is 11.5 Å². The number of hydrogen-bond acceptors (Lipinski definition) is 5. The quantitative estimate of drug-likeness (QED) is 0.614. The summed E-state index contributed by atoms with van der Waals surface area (Å²) < 4.78 is 25.5. The fourth-order valence-electron chi connectivity index (χ4n) is 3.83. The summed E-state index contributed by atoms with van der Waals surface area (Å²) in [6.07, 6.45) is 0. The molecule has 0 saturated carbocycles. The molecular formula is C23H23FN2O4S. The van der Waals surface area contributed by atoms with Crippen LogP contribution in [0.25, 0.3) is 10.1 Å². The van der Waals surface area contributed by atoms with Crippen molar-refractivity contribution in [3.8, 4) is 11.5 Å². The number of fused-ring (bicyclic) bond motifs is 1. The summed E-state index contributed by atoms with van der Waals surface area (Å²) >= 11 is 1.31. The van der Waals surface area contributed by atoms with Gasteiger partial charge in [-0.1, -0.05) is 6.07 Å². The molecule has 0 spiro atoms. The van der Waals surface area contributed by atoms with E-state index in [2.05, 4.69) is 0 Å². The van der Waals surface area contributed by atoms with Crippen LogP contribution in [-0.4, -0.2) is 62.0 Å². The van der Waals surface area contributed by atoms with Gasteiger partial charge < -0.3 is 19.3 Å². The monoisotopic (exact) mass is 442 g/mol. The molecule has 8 heteroatoms. The molecular weight excluding hydrogens is 419 g/mol. The second-order valence-corrected chi connectivity index (χ2v) is 8.41. The highest BCUT2D eigenvalue weighted by molar-refractivity contribution is 7.21. The minimum absolute atomic E-state index is 0.117. The zero-order chi connectivity index (χ0) is 22.1. The molecule has 1 aliphatic heterocycles. The van der Waals surface area contributed by atoms with Gasteiger partial charge in [0.05, 0.1) is 19.1 Å². The third kappa shape index (κ3) is 3.95. The summed E-state index contributed by atoms with van der Waals surface area (Å²) in [5.74, 6) is 0.528. The average Bonchev–Trinajstić information content (AvgIpc) is 3.15. The zero-order valence-electron chi connectivity index (χ0n) is 17.6. The first-order valence-electron chi connectivity index (χ1n) is 9.92. The normalized spacial score (nSPS) is 14.1. The number of aryl methyl sites for hydroxylation is 1. The van der Waals surface area contributed by atoms with Gasteiger partial charge >= 0.3 is 0 Å². The lowest BCUT2D eigenvalue weighted by Crippen LogP contribution is -2.50. The molecule has 2 heterocycles. The van der Waals surface area contributed by atoms with Crippen LogP contribution in [0.3, 0.4) is 0 Å². The summed E-state index contributed by atoms with van der Waals surface area (Å²) in [6, 6.07) is 9.96. The van der Waals surface area contributed by atoms with Crippen molar-refractivity contribution >= 4 is 33.2 Å². The first-order chi connectivity index (χ1) is 14.9. The van der Waals surface area contributed by atoms with Crippen molar-refractivity contribution in [1.29, 1.82) is 0 Å². The van der Waals surface area contributed by atoms with E-state index in [1.54, 1.807) is 41.0 Å². The van der Waals surface area contributed by atoms with E-state index >= 15 is 0 Å². The van der Waals surface area contributed by atoms with Crippen LogP contribution in [0.4, 0.5) is 4.39 Å². The van der Waals surface area contributed by atoms with Gasteiger partial charge in [0.2, 0.25) is 0 Å². The molecule has 2 aromatic carbocycles.